The van der Waals surface area contributed by atoms with Crippen molar-refractivity contribution in [2.24, 2.45) is 0 Å². The van der Waals surface area contributed by atoms with Gasteiger partial charge in [-0.1, -0.05) is 59.6 Å². The number of rotatable bonds is 7. The zero-order chi connectivity index (χ0) is 30.7. The lowest BCUT2D eigenvalue weighted by Crippen LogP contribution is -2.23. The molecule has 0 atom stereocenters. The summed E-state index contributed by atoms with van der Waals surface area (Å²) < 4.78 is 44.0. The summed E-state index contributed by atoms with van der Waals surface area (Å²) in [4.78, 5) is 28.8. The summed E-state index contributed by atoms with van der Waals surface area (Å²) in [5.41, 5.74) is 2.89. The fraction of sp³-hybridized carbons (Fsp3) is 0.0645. The lowest BCUT2D eigenvalue weighted by atomic mass is 10.0. The van der Waals surface area contributed by atoms with Crippen LogP contribution in [0, 0.1) is 0 Å². The molecule has 0 unspecified atom stereocenters. The molecule has 1 aromatic heterocycles. The number of halogens is 5. The molecule has 0 radical (unpaired) electrons. The maximum absolute atomic E-state index is 13.0. The highest BCUT2D eigenvalue weighted by atomic mass is 35.5. The van der Waals surface area contributed by atoms with Gasteiger partial charge in [0.2, 0.25) is 0 Å². The maximum Gasteiger partial charge on any atom is 0.511 e. The van der Waals surface area contributed by atoms with Crippen molar-refractivity contribution in [2.75, 3.05) is 0 Å². The predicted molar refractivity (Wildman–Crippen MR) is 160 cm³/mol. The van der Waals surface area contributed by atoms with Gasteiger partial charge in [0.1, 0.15) is 10.8 Å². The number of carbonyl (C=O) groups excluding carboxylic acids is 1. The molecule has 6 nitrogen and oxygen atoms in total. The van der Waals surface area contributed by atoms with Crippen LogP contribution in [-0.2, 0) is 12.7 Å². The standard InChI is InChI=1S/C31H19Cl2F3N2O4S/c32-24-11-9-20(13-25(24)33)26-16-43-29(38-26)21-8-10-23(27(14-21)42-30(40)41)18-4-6-19(7-5-18)28(39)37-15-17-2-1-3-22(12-17)31(34,35)36/h1-14,16H,15H2,(H,37,39)(H,40,41). The molecule has 0 bridgehead atoms. The summed E-state index contributed by atoms with van der Waals surface area (Å²) in [5.74, 6) is -0.416. The van der Waals surface area contributed by atoms with Crippen molar-refractivity contribution in [3.63, 3.8) is 0 Å². The molecule has 0 spiro atoms. The van der Waals surface area contributed by atoms with Gasteiger partial charge in [-0.05, 0) is 59.7 Å². The summed E-state index contributed by atoms with van der Waals surface area (Å²) in [7, 11) is 0. The molecular weight excluding hydrogens is 624 g/mol. The van der Waals surface area contributed by atoms with E-state index in [1.165, 1.54) is 35.6 Å². The van der Waals surface area contributed by atoms with E-state index in [0.717, 1.165) is 17.7 Å². The van der Waals surface area contributed by atoms with Crippen LogP contribution < -0.4 is 10.1 Å². The van der Waals surface area contributed by atoms with Crippen molar-refractivity contribution in [3.8, 4) is 38.7 Å². The number of hydrogen-bond acceptors (Lipinski definition) is 5. The zero-order valence-corrected chi connectivity index (χ0v) is 24.1. The molecule has 0 saturated heterocycles. The van der Waals surface area contributed by atoms with Gasteiger partial charge in [0.05, 0.1) is 21.3 Å². The lowest BCUT2D eigenvalue weighted by molar-refractivity contribution is -0.137. The number of benzene rings is 4. The minimum Gasteiger partial charge on any atom is -0.449 e. The Morgan fingerprint density at radius 2 is 1.60 bits per heavy atom. The third kappa shape index (κ3) is 7.16. The number of carbonyl (C=O) groups is 2. The number of hydrogen-bond donors (Lipinski definition) is 2. The predicted octanol–water partition coefficient (Wildman–Crippen LogP) is 9.46. The average Bonchev–Trinajstić information content (AvgIpc) is 3.47. The van der Waals surface area contributed by atoms with Crippen molar-refractivity contribution < 1.29 is 32.6 Å². The number of alkyl halides is 3. The molecule has 43 heavy (non-hydrogen) atoms. The molecule has 1 heterocycles. The molecular formula is C31H19Cl2F3N2O4S. The molecule has 0 aliphatic heterocycles. The highest BCUT2D eigenvalue weighted by molar-refractivity contribution is 7.13. The van der Waals surface area contributed by atoms with Crippen molar-refractivity contribution >= 4 is 46.6 Å². The molecule has 0 saturated carbocycles. The smallest absolute Gasteiger partial charge is 0.449 e. The molecule has 2 N–H and O–H groups in total. The molecule has 0 aliphatic rings. The first-order valence-electron chi connectivity index (χ1n) is 12.5. The maximum atomic E-state index is 13.0. The summed E-state index contributed by atoms with van der Waals surface area (Å²) in [6.07, 6.45) is -5.98. The SMILES string of the molecule is O=C(O)Oc1cc(-c2nc(-c3ccc(Cl)c(Cl)c3)cs2)ccc1-c1ccc(C(=O)NCc2cccc(C(F)(F)F)c2)cc1. The molecule has 5 aromatic rings. The van der Waals surface area contributed by atoms with Gasteiger partial charge in [-0.3, -0.25) is 4.79 Å². The average molecular weight is 643 g/mol. The van der Waals surface area contributed by atoms with Crippen LogP contribution in [0.25, 0.3) is 33.0 Å². The number of ether oxygens (including phenoxy) is 1. The highest BCUT2D eigenvalue weighted by Gasteiger charge is 2.30. The molecule has 4 aromatic carbocycles. The monoisotopic (exact) mass is 642 g/mol. The number of thiazole rings is 1. The number of aromatic nitrogens is 1. The Hall–Kier alpha value is -4.38. The van der Waals surface area contributed by atoms with E-state index in [4.69, 9.17) is 27.9 Å². The van der Waals surface area contributed by atoms with Crippen LogP contribution in [0.3, 0.4) is 0 Å². The van der Waals surface area contributed by atoms with Crippen molar-refractivity contribution in [2.45, 2.75) is 12.7 Å². The van der Waals surface area contributed by atoms with Gasteiger partial charge in [-0.15, -0.1) is 11.3 Å². The minimum atomic E-state index is -4.48. The van der Waals surface area contributed by atoms with Crippen molar-refractivity contribution in [1.29, 1.82) is 0 Å². The van der Waals surface area contributed by atoms with E-state index >= 15 is 0 Å². The van der Waals surface area contributed by atoms with Gasteiger partial charge in [0, 0.05) is 34.2 Å². The van der Waals surface area contributed by atoms with Crippen LogP contribution in [0.4, 0.5) is 18.0 Å². The number of nitrogens with one attached hydrogen (secondary N) is 1. The fourth-order valence-electron chi connectivity index (χ4n) is 4.21. The quantitative estimate of drug-likeness (QED) is 0.136. The Bertz CT molecular complexity index is 1830. The molecule has 0 fully saturated rings. The Kier molecular flexibility index (Phi) is 8.72. The van der Waals surface area contributed by atoms with Gasteiger partial charge in [0.25, 0.3) is 5.91 Å². The van der Waals surface area contributed by atoms with Crippen LogP contribution in [0.1, 0.15) is 21.5 Å². The molecule has 5 rings (SSSR count). The first kappa shape index (κ1) is 30.1. The van der Waals surface area contributed by atoms with E-state index in [0.29, 0.717) is 43.0 Å². The second kappa shape index (κ2) is 12.5. The topological polar surface area (TPSA) is 88.5 Å². The first-order valence-corrected chi connectivity index (χ1v) is 14.1. The summed E-state index contributed by atoms with van der Waals surface area (Å²) >= 11 is 13.5. The van der Waals surface area contributed by atoms with Crippen molar-refractivity contribution in [1.82, 2.24) is 10.3 Å². The van der Waals surface area contributed by atoms with Gasteiger partial charge in [0.15, 0.2) is 0 Å². The van der Waals surface area contributed by atoms with E-state index < -0.39 is 23.8 Å². The van der Waals surface area contributed by atoms with E-state index in [1.807, 2.05) is 5.38 Å². The molecule has 12 heteroatoms. The lowest BCUT2D eigenvalue weighted by Gasteiger charge is -2.12. The molecule has 0 aliphatic carbocycles. The van der Waals surface area contributed by atoms with E-state index in [-0.39, 0.29) is 17.9 Å². The van der Waals surface area contributed by atoms with E-state index in [1.54, 1.807) is 48.5 Å². The van der Waals surface area contributed by atoms with Crippen LogP contribution in [-0.4, -0.2) is 22.2 Å². The Morgan fingerprint density at radius 1 is 0.884 bits per heavy atom. The zero-order valence-electron chi connectivity index (χ0n) is 21.8. The fourth-order valence-corrected chi connectivity index (χ4v) is 5.33. The van der Waals surface area contributed by atoms with Gasteiger partial charge in [-0.25, -0.2) is 9.78 Å². The number of amides is 1. The van der Waals surface area contributed by atoms with Gasteiger partial charge < -0.3 is 15.2 Å². The molecule has 1 amide bonds. The van der Waals surface area contributed by atoms with Gasteiger partial charge >= 0.3 is 12.3 Å². The Labute approximate surface area is 257 Å². The normalized spacial score (nSPS) is 11.3. The number of carboxylic acid groups (broad SMARTS) is 1. The summed E-state index contributed by atoms with van der Waals surface area (Å²) in [6.45, 7) is -0.0912. The third-order valence-electron chi connectivity index (χ3n) is 6.31. The Balaban J connectivity index is 1.34. The van der Waals surface area contributed by atoms with E-state index in [9.17, 15) is 27.9 Å². The minimum absolute atomic E-state index is 0.0676. The second-order valence-corrected chi connectivity index (χ2v) is 10.9. The largest absolute Gasteiger partial charge is 0.511 e. The van der Waals surface area contributed by atoms with Crippen LogP contribution >= 0.6 is 34.5 Å². The summed E-state index contributed by atoms with van der Waals surface area (Å²) in [6, 6.07) is 21.2. The van der Waals surface area contributed by atoms with Crippen molar-refractivity contribution in [3.05, 3.63) is 117 Å². The number of nitrogens with zero attached hydrogens (tertiary/aromatic N) is 1. The van der Waals surface area contributed by atoms with Crippen LogP contribution in [0.15, 0.2) is 90.3 Å². The third-order valence-corrected chi connectivity index (χ3v) is 7.94. The Morgan fingerprint density at radius 3 is 2.30 bits per heavy atom. The van der Waals surface area contributed by atoms with E-state index in [2.05, 4.69) is 10.3 Å². The first-order chi connectivity index (χ1) is 20.5. The summed E-state index contributed by atoms with van der Waals surface area (Å²) in [5, 5.41) is 15.3. The second-order valence-electron chi connectivity index (χ2n) is 9.20. The highest BCUT2D eigenvalue weighted by Crippen LogP contribution is 2.37. The van der Waals surface area contributed by atoms with Crippen LogP contribution in [0.2, 0.25) is 10.0 Å². The van der Waals surface area contributed by atoms with Crippen LogP contribution in [0.5, 0.6) is 5.75 Å². The molecule has 218 valence electrons. The van der Waals surface area contributed by atoms with Gasteiger partial charge in [-0.2, -0.15) is 13.2 Å².